The van der Waals surface area contributed by atoms with Crippen molar-refractivity contribution in [2.75, 3.05) is 18.9 Å². The number of rotatable bonds is 8. The Bertz CT molecular complexity index is 941. The van der Waals surface area contributed by atoms with Crippen molar-refractivity contribution in [3.05, 3.63) is 69.8 Å². The predicted molar refractivity (Wildman–Crippen MR) is 119 cm³/mol. The van der Waals surface area contributed by atoms with E-state index in [9.17, 15) is 19.7 Å². The van der Waals surface area contributed by atoms with Crippen molar-refractivity contribution in [2.24, 2.45) is 0 Å². The zero-order valence-corrected chi connectivity index (χ0v) is 17.7. The van der Waals surface area contributed by atoms with E-state index in [-0.39, 0.29) is 23.7 Å². The Hall–Kier alpha value is -3.26. The number of nitro groups is 1. The standard InChI is InChI=1S/C23H28N4O4/c1-26(19-10-3-2-4-11-19)16-18-8-5-6-13-21(18)25-22(28)15-24-23(29)17-9-7-12-20(14-17)27(30)31/h5-9,12-14,19H,2-4,10-11,15-16H2,1H3,(H,24,29)(H,25,28). The highest BCUT2D eigenvalue weighted by Gasteiger charge is 2.19. The molecule has 0 aliphatic heterocycles. The van der Waals surface area contributed by atoms with Crippen LogP contribution in [0.1, 0.15) is 48.0 Å². The number of amides is 2. The van der Waals surface area contributed by atoms with Crippen molar-refractivity contribution >= 4 is 23.2 Å². The number of carbonyl (C=O) groups excluding carboxylic acids is 2. The Morgan fingerprint density at radius 2 is 1.84 bits per heavy atom. The van der Waals surface area contributed by atoms with E-state index in [1.54, 1.807) is 0 Å². The third-order valence-corrected chi connectivity index (χ3v) is 5.64. The number of hydrogen-bond donors (Lipinski definition) is 2. The van der Waals surface area contributed by atoms with E-state index in [4.69, 9.17) is 0 Å². The number of non-ortho nitro benzene ring substituents is 1. The number of nitro benzene ring substituents is 1. The van der Waals surface area contributed by atoms with Crippen LogP contribution in [0.4, 0.5) is 11.4 Å². The lowest BCUT2D eigenvalue weighted by molar-refractivity contribution is -0.384. The summed E-state index contributed by atoms with van der Waals surface area (Å²) in [6, 6.07) is 13.6. The fourth-order valence-electron chi connectivity index (χ4n) is 3.92. The molecule has 2 aromatic rings. The average Bonchev–Trinajstić information content (AvgIpc) is 2.79. The Balaban J connectivity index is 1.56. The lowest BCUT2D eigenvalue weighted by atomic mass is 9.94. The molecular weight excluding hydrogens is 396 g/mol. The van der Waals surface area contributed by atoms with E-state index >= 15 is 0 Å². The number of nitrogens with zero attached hydrogens (tertiary/aromatic N) is 2. The smallest absolute Gasteiger partial charge is 0.270 e. The van der Waals surface area contributed by atoms with Crippen LogP contribution >= 0.6 is 0 Å². The van der Waals surface area contributed by atoms with Crippen LogP contribution in [0.5, 0.6) is 0 Å². The number of hydrogen-bond acceptors (Lipinski definition) is 5. The maximum absolute atomic E-state index is 12.4. The predicted octanol–water partition coefficient (Wildman–Crippen LogP) is 3.73. The largest absolute Gasteiger partial charge is 0.343 e. The summed E-state index contributed by atoms with van der Waals surface area (Å²) in [7, 11) is 2.12. The van der Waals surface area contributed by atoms with Gasteiger partial charge in [-0.05, 0) is 37.6 Å². The summed E-state index contributed by atoms with van der Waals surface area (Å²) in [5.74, 6) is -0.893. The first-order chi connectivity index (χ1) is 14.9. The van der Waals surface area contributed by atoms with E-state index in [1.807, 2.05) is 24.3 Å². The van der Waals surface area contributed by atoms with Crippen molar-refractivity contribution in [2.45, 2.75) is 44.7 Å². The van der Waals surface area contributed by atoms with Crippen LogP contribution in [0.2, 0.25) is 0 Å². The van der Waals surface area contributed by atoms with E-state index in [0.717, 1.165) is 17.8 Å². The monoisotopic (exact) mass is 424 g/mol. The fourth-order valence-corrected chi connectivity index (χ4v) is 3.92. The van der Waals surface area contributed by atoms with Gasteiger partial charge in [0.15, 0.2) is 0 Å². The number of benzene rings is 2. The third-order valence-electron chi connectivity index (χ3n) is 5.64. The molecule has 0 spiro atoms. The van der Waals surface area contributed by atoms with Gasteiger partial charge in [0.1, 0.15) is 0 Å². The molecule has 2 N–H and O–H groups in total. The first-order valence-electron chi connectivity index (χ1n) is 10.5. The zero-order chi connectivity index (χ0) is 22.2. The van der Waals surface area contributed by atoms with Crippen molar-refractivity contribution in [1.29, 1.82) is 0 Å². The third kappa shape index (κ3) is 6.36. The van der Waals surface area contributed by atoms with E-state index < -0.39 is 10.8 Å². The van der Waals surface area contributed by atoms with Gasteiger partial charge in [-0.3, -0.25) is 24.6 Å². The van der Waals surface area contributed by atoms with Crippen LogP contribution < -0.4 is 10.6 Å². The maximum atomic E-state index is 12.4. The topological polar surface area (TPSA) is 105 Å². The molecule has 0 atom stereocenters. The molecule has 0 heterocycles. The molecule has 8 heteroatoms. The van der Waals surface area contributed by atoms with Crippen LogP contribution in [0.3, 0.4) is 0 Å². The van der Waals surface area contributed by atoms with Gasteiger partial charge in [-0.2, -0.15) is 0 Å². The molecule has 1 aliphatic carbocycles. The normalized spacial score (nSPS) is 14.3. The van der Waals surface area contributed by atoms with E-state index in [1.165, 1.54) is 56.4 Å². The lowest BCUT2D eigenvalue weighted by Gasteiger charge is -2.31. The molecule has 31 heavy (non-hydrogen) atoms. The van der Waals surface area contributed by atoms with Gasteiger partial charge in [-0.15, -0.1) is 0 Å². The van der Waals surface area contributed by atoms with E-state index in [0.29, 0.717) is 6.04 Å². The first kappa shape index (κ1) is 22.4. The molecule has 1 saturated carbocycles. The molecule has 1 aliphatic rings. The fraction of sp³-hybridized carbons (Fsp3) is 0.391. The van der Waals surface area contributed by atoms with Gasteiger partial charge in [-0.25, -0.2) is 0 Å². The van der Waals surface area contributed by atoms with Crippen LogP contribution in [-0.2, 0) is 11.3 Å². The van der Waals surface area contributed by atoms with Gasteiger partial charge in [0.05, 0.1) is 11.5 Å². The summed E-state index contributed by atoms with van der Waals surface area (Å²) in [6.07, 6.45) is 6.23. The van der Waals surface area contributed by atoms with Gasteiger partial charge in [0.25, 0.3) is 11.6 Å². The number of carbonyl (C=O) groups is 2. The molecule has 0 radical (unpaired) electrons. The minimum atomic E-state index is -0.565. The summed E-state index contributed by atoms with van der Waals surface area (Å²) >= 11 is 0. The molecule has 2 aromatic carbocycles. The maximum Gasteiger partial charge on any atom is 0.270 e. The Morgan fingerprint density at radius 1 is 1.10 bits per heavy atom. The molecule has 0 bridgehead atoms. The Morgan fingerprint density at radius 3 is 2.58 bits per heavy atom. The van der Waals surface area contributed by atoms with Gasteiger partial charge in [0, 0.05) is 36.0 Å². The molecule has 0 unspecified atom stereocenters. The zero-order valence-electron chi connectivity index (χ0n) is 17.7. The van der Waals surface area contributed by atoms with Crippen LogP contribution in [-0.4, -0.2) is 41.3 Å². The van der Waals surface area contributed by atoms with Crippen LogP contribution in [0.25, 0.3) is 0 Å². The second kappa shape index (κ2) is 10.7. The summed E-state index contributed by atoms with van der Waals surface area (Å²) < 4.78 is 0. The summed E-state index contributed by atoms with van der Waals surface area (Å²) in [5, 5.41) is 16.2. The van der Waals surface area contributed by atoms with Crippen molar-refractivity contribution < 1.29 is 14.5 Å². The molecular formula is C23H28N4O4. The molecule has 8 nitrogen and oxygen atoms in total. The number of nitrogens with one attached hydrogen (secondary N) is 2. The highest BCUT2D eigenvalue weighted by molar-refractivity contribution is 5.99. The lowest BCUT2D eigenvalue weighted by Crippen LogP contribution is -2.34. The molecule has 1 fully saturated rings. The summed E-state index contributed by atoms with van der Waals surface area (Å²) in [5.41, 5.74) is 1.71. The van der Waals surface area contributed by atoms with E-state index in [2.05, 4.69) is 22.6 Å². The SMILES string of the molecule is CN(Cc1ccccc1NC(=O)CNC(=O)c1cccc([N+](=O)[O-])c1)C1CCCCC1. The molecule has 0 saturated heterocycles. The first-order valence-corrected chi connectivity index (χ1v) is 10.5. The Kier molecular flexibility index (Phi) is 7.72. The minimum Gasteiger partial charge on any atom is -0.343 e. The average molecular weight is 425 g/mol. The molecule has 164 valence electrons. The minimum absolute atomic E-state index is 0.136. The Labute approximate surface area is 181 Å². The molecule has 3 rings (SSSR count). The van der Waals surface area contributed by atoms with Crippen molar-refractivity contribution in [3.63, 3.8) is 0 Å². The van der Waals surface area contributed by atoms with Gasteiger partial charge >= 0.3 is 0 Å². The van der Waals surface area contributed by atoms with Crippen LogP contribution in [0, 0.1) is 10.1 Å². The van der Waals surface area contributed by atoms with Gasteiger partial charge in [0.2, 0.25) is 5.91 Å². The highest BCUT2D eigenvalue weighted by atomic mass is 16.6. The second-order valence-corrected chi connectivity index (χ2v) is 7.90. The molecule has 2 amide bonds. The van der Waals surface area contributed by atoms with Crippen LogP contribution in [0.15, 0.2) is 48.5 Å². The van der Waals surface area contributed by atoms with Crippen molar-refractivity contribution in [1.82, 2.24) is 10.2 Å². The summed E-state index contributed by atoms with van der Waals surface area (Å²) in [6.45, 7) is 0.509. The van der Waals surface area contributed by atoms with Crippen molar-refractivity contribution in [3.8, 4) is 0 Å². The van der Waals surface area contributed by atoms with Gasteiger partial charge in [-0.1, -0.05) is 43.5 Å². The van der Waals surface area contributed by atoms with Gasteiger partial charge < -0.3 is 10.6 Å². The number of anilines is 1. The second-order valence-electron chi connectivity index (χ2n) is 7.90. The quantitative estimate of drug-likeness (QED) is 0.496. The summed E-state index contributed by atoms with van der Waals surface area (Å²) in [4.78, 5) is 37.3. The highest BCUT2D eigenvalue weighted by Crippen LogP contribution is 2.24. The number of para-hydroxylation sites is 1. The molecule has 0 aromatic heterocycles.